The molecule has 0 aromatic heterocycles. The second-order valence-electron chi connectivity index (χ2n) is 3.06. The van der Waals surface area contributed by atoms with Crippen LogP contribution in [0.25, 0.3) is 0 Å². The summed E-state index contributed by atoms with van der Waals surface area (Å²) in [6.45, 7) is 3.98. The number of rotatable bonds is 6. The van der Waals surface area contributed by atoms with E-state index in [-0.39, 0.29) is 0 Å². The standard InChI is InChI=1S/C8H18N2O/c1-8(4-7-11)9-5-6-10(2)3/h7-9H,4-6H2,1-3H3/t8-/m0/s1. The topological polar surface area (TPSA) is 32.3 Å². The van der Waals surface area contributed by atoms with Gasteiger partial charge in [-0.15, -0.1) is 0 Å². The summed E-state index contributed by atoms with van der Waals surface area (Å²) in [5.74, 6) is 0. The van der Waals surface area contributed by atoms with E-state index in [9.17, 15) is 4.79 Å². The lowest BCUT2D eigenvalue weighted by Gasteiger charge is -2.13. The summed E-state index contributed by atoms with van der Waals surface area (Å²) < 4.78 is 0. The van der Waals surface area contributed by atoms with Gasteiger partial charge in [-0.1, -0.05) is 0 Å². The maximum absolute atomic E-state index is 10.1. The van der Waals surface area contributed by atoms with E-state index < -0.39 is 0 Å². The summed E-state index contributed by atoms with van der Waals surface area (Å²) in [6.07, 6.45) is 1.56. The Morgan fingerprint density at radius 1 is 1.55 bits per heavy atom. The highest BCUT2D eigenvalue weighted by molar-refractivity contribution is 5.50. The van der Waals surface area contributed by atoms with Crippen molar-refractivity contribution in [2.24, 2.45) is 0 Å². The lowest BCUT2D eigenvalue weighted by Crippen LogP contribution is -2.33. The molecule has 0 aromatic carbocycles. The van der Waals surface area contributed by atoms with Crippen LogP contribution in [0.4, 0.5) is 0 Å². The van der Waals surface area contributed by atoms with Gasteiger partial charge >= 0.3 is 0 Å². The molecule has 66 valence electrons. The summed E-state index contributed by atoms with van der Waals surface area (Å²) in [6, 6.07) is 0.312. The average Bonchev–Trinajstić information content (AvgIpc) is 1.87. The quantitative estimate of drug-likeness (QED) is 0.557. The maximum atomic E-state index is 10.1. The van der Waals surface area contributed by atoms with Gasteiger partial charge in [0.15, 0.2) is 0 Å². The molecule has 0 aromatic rings. The first-order valence-corrected chi connectivity index (χ1v) is 3.98. The third-order valence-corrected chi connectivity index (χ3v) is 1.50. The van der Waals surface area contributed by atoms with Gasteiger partial charge in [-0.25, -0.2) is 0 Å². The van der Waals surface area contributed by atoms with Crippen LogP contribution >= 0.6 is 0 Å². The maximum Gasteiger partial charge on any atom is 0.121 e. The highest BCUT2D eigenvalue weighted by Crippen LogP contribution is 1.84. The van der Waals surface area contributed by atoms with Crippen LogP contribution in [0.5, 0.6) is 0 Å². The van der Waals surface area contributed by atoms with E-state index in [1.807, 2.05) is 21.0 Å². The Kier molecular flexibility index (Phi) is 6.07. The van der Waals surface area contributed by atoms with Crippen molar-refractivity contribution < 1.29 is 4.79 Å². The van der Waals surface area contributed by atoms with Crippen molar-refractivity contribution >= 4 is 6.29 Å². The molecule has 0 aliphatic carbocycles. The Morgan fingerprint density at radius 2 is 2.18 bits per heavy atom. The highest BCUT2D eigenvalue weighted by Gasteiger charge is 1.98. The summed E-state index contributed by atoms with van der Waals surface area (Å²) in [4.78, 5) is 12.2. The predicted molar refractivity (Wildman–Crippen MR) is 46.7 cm³/mol. The van der Waals surface area contributed by atoms with Gasteiger partial charge in [0.1, 0.15) is 6.29 Å². The lowest BCUT2D eigenvalue weighted by atomic mass is 10.2. The molecule has 0 saturated heterocycles. The van der Waals surface area contributed by atoms with Gasteiger partial charge in [-0.3, -0.25) is 0 Å². The Hall–Kier alpha value is -0.410. The zero-order valence-electron chi connectivity index (χ0n) is 7.63. The van der Waals surface area contributed by atoms with Crippen LogP contribution in [0.2, 0.25) is 0 Å². The zero-order valence-corrected chi connectivity index (χ0v) is 7.63. The lowest BCUT2D eigenvalue weighted by molar-refractivity contribution is -0.108. The zero-order chi connectivity index (χ0) is 8.69. The van der Waals surface area contributed by atoms with Crippen molar-refractivity contribution in [3.05, 3.63) is 0 Å². The molecule has 0 spiro atoms. The number of carbonyl (C=O) groups is 1. The van der Waals surface area contributed by atoms with E-state index in [4.69, 9.17) is 0 Å². The number of carbonyl (C=O) groups excluding carboxylic acids is 1. The number of nitrogens with one attached hydrogen (secondary N) is 1. The fraction of sp³-hybridized carbons (Fsp3) is 0.875. The van der Waals surface area contributed by atoms with Gasteiger partial charge in [0, 0.05) is 25.6 Å². The van der Waals surface area contributed by atoms with Crippen LogP contribution in [0.1, 0.15) is 13.3 Å². The largest absolute Gasteiger partial charge is 0.313 e. The Balaban J connectivity index is 3.16. The second kappa shape index (κ2) is 6.31. The van der Waals surface area contributed by atoms with E-state index in [1.54, 1.807) is 0 Å². The Bertz CT molecular complexity index is 104. The van der Waals surface area contributed by atoms with Gasteiger partial charge in [0.05, 0.1) is 0 Å². The molecule has 0 saturated carbocycles. The van der Waals surface area contributed by atoms with Crippen LogP contribution in [0, 0.1) is 0 Å². The molecule has 0 aliphatic heterocycles. The monoisotopic (exact) mass is 158 g/mol. The van der Waals surface area contributed by atoms with E-state index >= 15 is 0 Å². The van der Waals surface area contributed by atoms with Crippen molar-refractivity contribution in [1.29, 1.82) is 0 Å². The van der Waals surface area contributed by atoms with Crippen molar-refractivity contribution in [3.63, 3.8) is 0 Å². The van der Waals surface area contributed by atoms with Crippen LogP contribution in [0.3, 0.4) is 0 Å². The molecule has 0 rings (SSSR count). The molecule has 1 N–H and O–H groups in total. The predicted octanol–water partition coefficient (Wildman–Crippen LogP) is 0.115. The number of aldehydes is 1. The molecule has 0 amide bonds. The Labute approximate surface area is 68.8 Å². The van der Waals surface area contributed by atoms with Crippen LogP contribution in [-0.2, 0) is 4.79 Å². The van der Waals surface area contributed by atoms with Crippen LogP contribution in [-0.4, -0.2) is 44.4 Å². The summed E-state index contributed by atoms with van der Waals surface area (Å²) >= 11 is 0. The molecule has 0 bridgehead atoms. The van der Waals surface area contributed by atoms with Crippen molar-refractivity contribution in [1.82, 2.24) is 10.2 Å². The highest BCUT2D eigenvalue weighted by atomic mass is 16.1. The average molecular weight is 158 g/mol. The first-order chi connectivity index (χ1) is 5.16. The fourth-order valence-electron chi connectivity index (χ4n) is 0.762. The van der Waals surface area contributed by atoms with Crippen LogP contribution < -0.4 is 5.32 Å². The molecule has 3 nitrogen and oxygen atoms in total. The normalized spacial score (nSPS) is 13.5. The van der Waals surface area contributed by atoms with Crippen molar-refractivity contribution in [2.45, 2.75) is 19.4 Å². The first-order valence-electron chi connectivity index (χ1n) is 3.98. The molecular formula is C8H18N2O. The van der Waals surface area contributed by atoms with Gasteiger partial charge in [0.2, 0.25) is 0 Å². The molecule has 1 atom stereocenters. The number of hydrogen-bond acceptors (Lipinski definition) is 3. The third-order valence-electron chi connectivity index (χ3n) is 1.50. The van der Waals surface area contributed by atoms with E-state index in [0.717, 1.165) is 19.4 Å². The number of likely N-dealkylation sites (N-methyl/N-ethyl adjacent to an activating group) is 1. The fourth-order valence-corrected chi connectivity index (χ4v) is 0.762. The number of hydrogen-bond donors (Lipinski definition) is 1. The van der Waals surface area contributed by atoms with Gasteiger partial charge < -0.3 is 15.0 Å². The van der Waals surface area contributed by atoms with Crippen molar-refractivity contribution in [2.75, 3.05) is 27.2 Å². The van der Waals surface area contributed by atoms with Crippen molar-refractivity contribution in [3.8, 4) is 0 Å². The van der Waals surface area contributed by atoms with Gasteiger partial charge in [0.25, 0.3) is 0 Å². The SMILES string of the molecule is C[C@@H](CC=O)NCCN(C)C. The Morgan fingerprint density at radius 3 is 2.64 bits per heavy atom. The molecule has 3 heteroatoms. The van der Waals surface area contributed by atoms with Crippen LogP contribution in [0.15, 0.2) is 0 Å². The second-order valence-corrected chi connectivity index (χ2v) is 3.06. The van der Waals surface area contributed by atoms with Gasteiger partial charge in [-0.05, 0) is 21.0 Å². The molecule has 11 heavy (non-hydrogen) atoms. The minimum atomic E-state index is 0.312. The van der Waals surface area contributed by atoms with Gasteiger partial charge in [-0.2, -0.15) is 0 Å². The summed E-state index contributed by atoms with van der Waals surface area (Å²) in [5.41, 5.74) is 0. The molecule has 0 radical (unpaired) electrons. The van der Waals surface area contributed by atoms with E-state index in [1.165, 1.54) is 0 Å². The van der Waals surface area contributed by atoms with E-state index in [0.29, 0.717) is 12.5 Å². The summed E-state index contributed by atoms with van der Waals surface area (Å²) in [7, 11) is 4.07. The summed E-state index contributed by atoms with van der Waals surface area (Å²) in [5, 5.41) is 3.24. The smallest absolute Gasteiger partial charge is 0.121 e. The molecule has 0 heterocycles. The third kappa shape index (κ3) is 7.49. The minimum absolute atomic E-state index is 0.312. The molecule has 0 fully saturated rings. The first kappa shape index (κ1) is 10.6. The molecule has 0 aliphatic rings. The van der Waals surface area contributed by atoms with E-state index in [2.05, 4.69) is 10.2 Å². The molecular weight excluding hydrogens is 140 g/mol. The molecule has 0 unspecified atom stereocenters. The minimum Gasteiger partial charge on any atom is -0.313 e. The number of nitrogens with zero attached hydrogens (tertiary/aromatic N) is 1.